The van der Waals surface area contributed by atoms with Gasteiger partial charge in [-0.15, -0.1) is 0 Å². The molecule has 0 aliphatic rings. The van der Waals surface area contributed by atoms with E-state index in [0.717, 1.165) is 0 Å². The van der Waals surface area contributed by atoms with Gasteiger partial charge in [-0.1, -0.05) is 20.8 Å². The van der Waals surface area contributed by atoms with Crippen LogP contribution >= 0.6 is 0 Å². The highest BCUT2D eigenvalue weighted by Crippen LogP contribution is 2.22. The van der Waals surface area contributed by atoms with Crippen molar-refractivity contribution in [2.24, 2.45) is 5.92 Å². The van der Waals surface area contributed by atoms with Crippen LogP contribution in [0.15, 0.2) is 24.5 Å². The van der Waals surface area contributed by atoms with Gasteiger partial charge in [0.05, 0.1) is 0 Å². The summed E-state index contributed by atoms with van der Waals surface area (Å²) < 4.78 is 0. The number of pyridine rings is 1. The summed E-state index contributed by atoms with van der Waals surface area (Å²) in [7, 11) is 2.03. The Kier molecular flexibility index (Phi) is 4.08. The standard InChI is InChI=1S/C12H20N2/c1-9(2)12(13-4)10(3)11-5-7-14-8-6-11/h5-10,12-13H,1-4H3. The van der Waals surface area contributed by atoms with Crippen molar-refractivity contribution in [3.8, 4) is 0 Å². The Balaban J connectivity index is 2.78. The molecule has 1 N–H and O–H groups in total. The van der Waals surface area contributed by atoms with Crippen molar-refractivity contribution in [2.45, 2.75) is 32.7 Å². The molecular weight excluding hydrogens is 172 g/mol. The van der Waals surface area contributed by atoms with Crippen LogP contribution in [0.2, 0.25) is 0 Å². The maximum absolute atomic E-state index is 4.04. The zero-order valence-corrected chi connectivity index (χ0v) is 9.49. The average Bonchev–Trinajstić information content (AvgIpc) is 2.19. The van der Waals surface area contributed by atoms with Gasteiger partial charge in [-0.2, -0.15) is 0 Å². The Hall–Kier alpha value is -0.890. The van der Waals surface area contributed by atoms with Gasteiger partial charge < -0.3 is 5.32 Å². The zero-order valence-electron chi connectivity index (χ0n) is 9.49. The molecule has 0 aliphatic heterocycles. The minimum atomic E-state index is 0.525. The van der Waals surface area contributed by atoms with Gasteiger partial charge in [-0.3, -0.25) is 4.98 Å². The number of nitrogens with zero attached hydrogens (tertiary/aromatic N) is 1. The first-order chi connectivity index (χ1) is 6.66. The van der Waals surface area contributed by atoms with Crippen molar-refractivity contribution in [2.75, 3.05) is 7.05 Å². The molecule has 1 aromatic heterocycles. The summed E-state index contributed by atoms with van der Waals surface area (Å²) >= 11 is 0. The minimum absolute atomic E-state index is 0.525. The first-order valence-corrected chi connectivity index (χ1v) is 5.24. The van der Waals surface area contributed by atoms with Gasteiger partial charge in [-0.05, 0) is 36.6 Å². The fraction of sp³-hybridized carbons (Fsp3) is 0.583. The minimum Gasteiger partial charge on any atom is -0.316 e. The van der Waals surface area contributed by atoms with Gasteiger partial charge in [0, 0.05) is 18.4 Å². The van der Waals surface area contributed by atoms with Crippen molar-refractivity contribution in [1.29, 1.82) is 0 Å². The molecule has 0 bridgehead atoms. The van der Waals surface area contributed by atoms with E-state index >= 15 is 0 Å². The second-order valence-corrected chi connectivity index (χ2v) is 4.13. The summed E-state index contributed by atoms with van der Waals surface area (Å²) in [6.07, 6.45) is 3.72. The molecule has 2 nitrogen and oxygen atoms in total. The summed E-state index contributed by atoms with van der Waals surface area (Å²) in [6.45, 7) is 6.76. The van der Waals surface area contributed by atoms with Crippen LogP contribution in [0.1, 0.15) is 32.3 Å². The molecule has 0 amide bonds. The lowest BCUT2D eigenvalue weighted by Crippen LogP contribution is -2.35. The lowest BCUT2D eigenvalue weighted by Gasteiger charge is -2.27. The lowest BCUT2D eigenvalue weighted by molar-refractivity contribution is 0.376. The van der Waals surface area contributed by atoms with Gasteiger partial charge in [-0.25, -0.2) is 0 Å². The third-order valence-electron chi connectivity index (χ3n) is 2.82. The van der Waals surface area contributed by atoms with Crippen molar-refractivity contribution < 1.29 is 0 Å². The van der Waals surface area contributed by atoms with Crippen LogP contribution in [-0.2, 0) is 0 Å². The van der Waals surface area contributed by atoms with E-state index in [0.29, 0.717) is 17.9 Å². The number of rotatable bonds is 4. The Morgan fingerprint density at radius 3 is 2.14 bits per heavy atom. The predicted octanol–water partition coefficient (Wildman–Crippen LogP) is 2.43. The lowest BCUT2D eigenvalue weighted by atomic mass is 9.87. The van der Waals surface area contributed by atoms with Crippen LogP contribution in [0.25, 0.3) is 0 Å². The molecular formula is C12H20N2. The molecule has 1 aromatic rings. The van der Waals surface area contributed by atoms with Gasteiger partial charge in [0.2, 0.25) is 0 Å². The van der Waals surface area contributed by atoms with E-state index in [1.165, 1.54) is 5.56 Å². The fourth-order valence-corrected chi connectivity index (χ4v) is 2.04. The van der Waals surface area contributed by atoms with Gasteiger partial charge in [0.25, 0.3) is 0 Å². The van der Waals surface area contributed by atoms with Crippen molar-refractivity contribution in [1.82, 2.24) is 10.3 Å². The van der Waals surface area contributed by atoms with Crippen LogP contribution < -0.4 is 5.32 Å². The molecule has 1 rings (SSSR count). The highest BCUT2D eigenvalue weighted by atomic mass is 14.9. The molecule has 0 fully saturated rings. The van der Waals surface area contributed by atoms with E-state index < -0.39 is 0 Å². The highest BCUT2D eigenvalue weighted by Gasteiger charge is 2.19. The van der Waals surface area contributed by atoms with Crippen LogP contribution in [0, 0.1) is 5.92 Å². The Morgan fingerprint density at radius 1 is 1.14 bits per heavy atom. The molecule has 2 unspecified atom stereocenters. The molecule has 14 heavy (non-hydrogen) atoms. The Bertz CT molecular complexity index is 256. The van der Waals surface area contributed by atoms with Crippen molar-refractivity contribution >= 4 is 0 Å². The predicted molar refractivity (Wildman–Crippen MR) is 60.3 cm³/mol. The van der Waals surface area contributed by atoms with Crippen LogP contribution in [0.3, 0.4) is 0 Å². The maximum Gasteiger partial charge on any atom is 0.0270 e. The molecule has 0 saturated heterocycles. The largest absolute Gasteiger partial charge is 0.316 e. The van der Waals surface area contributed by atoms with Crippen LogP contribution in [0.5, 0.6) is 0 Å². The Labute approximate surface area is 86.8 Å². The molecule has 0 aromatic carbocycles. The molecule has 0 aliphatic carbocycles. The van der Waals surface area contributed by atoms with Gasteiger partial charge >= 0.3 is 0 Å². The maximum atomic E-state index is 4.04. The summed E-state index contributed by atoms with van der Waals surface area (Å²) in [6, 6.07) is 4.71. The summed E-state index contributed by atoms with van der Waals surface area (Å²) in [5, 5.41) is 3.38. The number of hydrogen-bond acceptors (Lipinski definition) is 2. The van der Waals surface area contributed by atoms with Crippen molar-refractivity contribution in [3.63, 3.8) is 0 Å². The molecule has 0 spiro atoms. The molecule has 78 valence electrons. The average molecular weight is 192 g/mol. The van der Waals surface area contributed by atoms with E-state index in [2.05, 4.69) is 43.2 Å². The van der Waals surface area contributed by atoms with Gasteiger partial charge in [0.15, 0.2) is 0 Å². The highest BCUT2D eigenvalue weighted by molar-refractivity contribution is 5.17. The quantitative estimate of drug-likeness (QED) is 0.792. The van der Waals surface area contributed by atoms with Crippen LogP contribution in [-0.4, -0.2) is 18.1 Å². The first kappa shape index (κ1) is 11.2. The van der Waals surface area contributed by atoms with E-state index in [-0.39, 0.29) is 0 Å². The van der Waals surface area contributed by atoms with E-state index in [9.17, 15) is 0 Å². The second-order valence-electron chi connectivity index (χ2n) is 4.13. The normalized spacial score (nSPS) is 15.5. The van der Waals surface area contributed by atoms with Crippen molar-refractivity contribution in [3.05, 3.63) is 30.1 Å². The number of nitrogens with one attached hydrogen (secondary N) is 1. The number of hydrogen-bond donors (Lipinski definition) is 1. The number of aromatic nitrogens is 1. The monoisotopic (exact) mass is 192 g/mol. The van der Waals surface area contributed by atoms with E-state index in [1.807, 2.05) is 19.4 Å². The third kappa shape index (κ3) is 2.55. The summed E-state index contributed by atoms with van der Waals surface area (Å²) in [4.78, 5) is 4.04. The van der Waals surface area contributed by atoms with E-state index in [1.54, 1.807) is 0 Å². The molecule has 2 atom stereocenters. The fourth-order valence-electron chi connectivity index (χ4n) is 2.04. The van der Waals surface area contributed by atoms with Gasteiger partial charge in [0.1, 0.15) is 0 Å². The smallest absolute Gasteiger partial charge is 0.0270 e. The molecule has 2 heteroatoms. The molecule has 0 saturated carbocycles. The summed E-state index contributed by atoms with van der Waals surface area (Å²) in [5.41, 5.74) is 1.35. The van der Waals surface area contributed by atoms with E-state index in [4.69, 9.17) is 0 Å². The molecule has 1 heterocycles. The Morgan fingerprint density at radius 2 is 1.71 bits per heavy atom. The summed E-state index contributed by atoms with van der Waals surface area (Å²) in [5.74, 6) is 1.17. The van der Waals surface area contributed by atoms with Crippen LogP contribution in [0.4, 0.5) is 0 Å². The topological polar surface area (TPSA) is 24.9 Å². The second kappa shape index (κ2) is 5.11. The SMILES string of the molecule is CNC(C(C)C)C(C)c1ccncc1. The number of likely N-dealkylation sites (N-methyl/N-ethyl adjacent to an activating group) is 1. The molecule has 0 radical (unpaired) electrons. The first-order valence-electron chi connectivity index (χ1n) is 5.24. The zero-order chi connectivity index (χ0) is 10.6. The third-order valence-corrected chi connectivity index (χ3v) is 2.82.